The van der Waals surface area contributed by atoms with E-state index in [9.17, 15) is 4.79 Å². The lowest BCUT2D eigenvalue weighted by Gasteiger charge is -2.36. The Morgan fingerprint density at radius 3 is 2.39 bits per heavy atom. The van der Waals surface area contributed by atoms with Gasteiger partial charge in [0.15, 0.2) is 6.10 Å². The first kappa shape index (κ1) is 15.3. The molecule has 1 aliphatic rings. The molecule has 2 aromatic rings. The maximum atomic E-state index is 12.5. The van der Waals surface area contributed by atoms with Crippen LogP contribution in [0.15, 0.2) is 54.7 Å². The molecule has 120 valence electrons. The molecule has 1 amide bonds. The van der Waals surface area contributed by atoms with Crippen LogP contribution in [0.25, 0.3) is 0 Å². The third kappa shape index (κ3) is 3.80. The van der Waals surface area contributed by atoms with Crippen LogP contribution in [-0.2, 0) is 4.79 Å². The number of amides is 1. The summed E-state index contributed by atoms with van der Waals surface area (Å²) in [6.45, 7) is 4.78. The number of carbonyl (C=O) groups excluding carboxylic acids is 1. The molecule has 1 unspecified atom stereocenters. The van der Waals surface area contributed by atoms with Crippen molar-refractivity contribution in [3.05, 3.63) is 54.7 Å². The zero-order valence-electron chi connectivity index (χ0n) is 13.3. The van der Waals surface area contributed by atoms with E-state index in [0.29, 0.717) is 13.1 Å². The lowest BCUT2D eigenvalue weighted by molar-refractivity contribution is -0.138. The van der Waals surface area contributed by atoms with E-state index in [0.717, 1.165) is 24.7 Å². The maximum Gasteiger partial charge on any atom is 0.263 e. The lowest BCUT2D eigenvalue weighted by atomic mass is 10.2. The van der Waals surface area contributed by atoms with E-state index in [-0.39, 0.29) is 5.91 Å². The van der Waals surface area contributed by atoms with Gasteiger partial charge >= 0.3 is 0 Å². The first-order valence-electron chi connectivity index (χ1n) is 7.90. The summed E-state index contributed by atoms with van der Waals surface area (Å²) in [6.07, 6.45) is 1.32. The molecule has 1 saturated heterocycles. The Hall–Kier alpha value is -2.56. The number of hydrogen-bond donors (Lipinski definition) is 0. The number of para-hydroxylation sites is 1. The molecule has 0 radical (unpaired) electrons. The topological polar surface area (TPSA) is 45.7 Å². The molecule has 1 aromatic carbocycles. The molecule has 0 bridgehead atoms. The molecule has 5 nitrogen and oxygen atoms in total. The number of anilines is 1. The Morgan fingerprint density at radius 2 is 1.74 bits per heavy atom. The summed E-state index contributed by atoms with van der Waals surface area (Å²) in [4.78, 5) is 20.9. The van der Waals surface area contributed by atoms with Crippen molar-refractivity contribution in [1.29, 1.82) is 0 Å². The molecule has 0 aliphatic carbocycles. The van der Waals surface area contributed by atoms with Gasteiger partial charge in [-0.15, -0.1) is 0 Å². The highest BCUT2D eigenvalue weighted by molar-refractivity contribution is 5.81. The highest BCUT2D eigenvalue weighted by Crippen LogP contribution is 2.15. The average molecular weight is 311 g/mol. The highest BCUT2D eigenvalue weighted by Gasteiger charge is 2.26. The van der Waals surface area contributed by atoms with Crippen molar-refractivity contribution in [3.63, 3.8) is 0 Å². The van der Waals surface area contributed by atoms with Gasteiger partial charge in [0, 0.05) is 32.4 Å². The largest absolute Gasteiger partial charge is 0.481 e. The number of piperazine rings is 1. The van der Waals surface area contributed by atoms with Crippen LogP contribution in [-0.4, -0.2) is 48.1 Å². The van der Waals surface area contributed by atoms with E-state index in [1.165, 1.54) is 0 Å². The number of carbonyl (C=O) groups is 1. The van der Waals surface area contributed by atoms with Crippen molar-refractivity contribution in [1.82, 2.24) is 9.88 Å². The van der Waals surface area contributed by atoms with E-state index in [4.69, 9.17) is 4.74 Å². The fourth-order valence-corrected chi connectivity index (χ4v) is 2.71. The molecule has 1 aromatic heterocycles. The highest BCUT2D eigenvalue weighted by atomic mass is 16.5. The minimum Gasteiger partial charge on any atom is -0.481 e. The summed E-state index contributed by atoms with van der Waals surface area (Å²) in [5, 5.41) is 0. The number of aromatic nitrogens is 1. The summed E-state index contributed by atoms with van der Waals surface area (Å²) in [5.74, 6) is 1.73. The van der Waals surface area contributed by atoms with Gasteiger partial charge in [0.25, 0.3) is 5.91 Å². The van der Waals surface area contributed by atoms with Crippen LogP contribution in [0.1, 0.15) is 6.92 Å². The summed E-state index contributed by atoms with van der Waals surface area (Å²) in [6, 6.07) is 15.3. The summed E-state index contributed by atoms with van der Waals surface area (Å²) < 4.78 is 5.72. The summed E-state index contributed by atoms with van der Waals surface area (Å²) >= 11 is 0. The lowest BCUT2D eigenvalue weighted by Crippen LogP contribution is -2.52. The minimum absolute atomic E-state index is 0.0366. The molecule has 5 heteroatoms. The Balaban J connectivity index is 1.54. The van der Waals surface area contributed by atoms with Crippen molar-refractivity contribution < 1.29 is 9.53 Å². The van der Waals surface area contributed by atoms with Crippen molar-refractivity contribution in [2.75, 3.05) is 31.1 Å². The summed E-state index contributed by atoms with van der Waals surface area (Å²) in [7, 11) is 0. The van der Waals surface area contributed by atoms with Crippen LogP contribution < -0.4 is 9.64 Å². The van der Waals surface area contributed by atoms with Crippen LogP contribution in [0.4, 0.5) is 5.82 Å². The van der Waals surface area contributed by atoms with Crippen molar-refractivity contribution in [2.45, 2.75) is 13.0 Å². The monoisotopic (exact) mass is 311 g/mol. The van der Waals surface area contributed by atoms with Gasteiger partial charge in [-0.3, -0.25) is 4.79 Å². The SMILES string of the molecule is CC(Oc1ccccc1)C(=O)N1CCN(c2ccccn2)CC1. The smallest absolute Gasteiger partial charge is 0.263 e. The Labute approximate surface area is 136 Å². The van der Waals surface area contributed by atoms with Crippen LogP contribution in [0.3, 0.4) is 0 Å². The number of ether oxygens (including phenoxy) is 1. The van der Waals surface area contributed by atoms with Gasteiger partial charge < -0.3 is 14.5 Å². The number of rotatable bonds is 4. The number of benzene rings is 1. The van der Waals surface area contributed by atoms with Crippen molar-refractivity contribution in [2.24, 2.45) is 0 Å². The molecule has 0 saturated carbocycles. The van der Waals surface area contributed by atoms with E-state index in [1.54, 1.807) is 13.1 Å². The predicted octanol–water partition coefficient (Wildman–Crippen LogP) is 2.20. The van der Waals surface area contributed by atoms with Crippen LogP contribution in [0.2, 0.25) is 0 Å². The van der Waals surface area contributed by atoms with Gasteiger partial charge in [-0.2, -0.15) is 0 Å². The maximum absolute atomic E-state index is 12.5. The van der Waals surface area contributed by atoms with Crippen LogP contribution >= 0.6 is 0 Å². The number of nitrogens with zero attached hydrogens (tertiary/aromatic N) is 3. The van der Waals surface area contributed by atoms with Gasteiger partial charge in [-0.05, 0) is 31.2 Å². The molecule has 1 fully saturated rings. The molecule has 3 rings (SSSR count). The van der Waals surface area contributed by atoms with E-state index in [1.807, 2.05) is 53.4 Å². The molecule has 0 N–H and O–H groups in total. The van der Waals surface area contributed by atoms with Gasteiger partial charge in [0.1, 0.15) is 11.6 Å². The van der Waals surface area contributed by atoms with Gasteiger partial charge in [0.05, 0.1) is 0 Å². The Kier molecular flexibility index (Phi) is 4.76. The third-order valence-corrected chi connectivity index (χ3v) is 3.97. The van der Waals surface area contributed by atoms with Crippen molar-refractivity contribution in [3.8, 4) is 5.75 Å². The third-order valence-electron chi connectivity index (χ3n) is 3.97. The average Bonchev–Trinajstić information content (AvgIpc) is 2.63. The normalized spacial score (nSPS) is 16.0. The second kappa shape index (κ2) is 7.13. The summed E-state index contributed by atoms with van der Waals surface area (Å²) in [5.41, 5.74) is 0. The molecule has 1 aliphatic heterocycles. The number of hydrogen-bond acceptors (Lipinski definition) is 4. The second-order valence-electron chi connectivity index (χ2n) is 5.57. The molecule has 2 heterocycles. The number of pyridine rings is 1. The van der Waals surface area contributed by atoms with Gasteiger partial charge in [-0.1, -0.05) is 24.3 Å². The van der Waals surface area contributed by atoms with E-state index in [2.05, 4.69) is 9.88 Å². The van der Waals surface area contributed by atoms with Gasteiger partial charge in [0.2, 0.25) is 0 Å². The zero-order chi connectivity index (χ0) is 16.1. The fraction of sp³-hybridized carbons (Fsp3) is 0.333. The Bertz CT molecular complexity index is 625. The molecule has 23 heavy (non-hydrogen) atoms. The Morgan fingerprint density at radius 1 is 1.04 bits per heavy atom. The standard InChI is InChI=1S/C18H21N3O2/c1-15(23-16-7-3-2-4-8-16)18(22)21-13-11-20(12-14-21)17-9-5-6-10-19-17/h2-10,15H,11-14H2,1H3. The van der Waals surface area contributed by atoms with Crippen LogP contribution in [0.5, 0.6) is 5.75 Å². The predicted molar refractivity (Wildman–Crippen MR) is 89.6 cm³/mol. The van der Waals surface area contributed by atoms with Crippen molar-refractivity contribution >= 4 is 11.7 Å². The minimum atomic E-state index is -0.473. The second-order valence-corrected chi connectivity index (χ2v) is 5.57. The molecule has 1 atom stereocenters. The fourth-order valence-electron chi connectivity index (χ4n) is 2.71. The van der Waals surface area contributed by atoms with Crippen LogP contribution in [0, 0.1) is 0 Å². The van der Waals surface area contributed by atoms with E-state index < -0.39 is 6.10 Å². The van der Waals surface area contributed by atoms with E-state index >= 15 is 0 Å². The quantitative estimate of drug-likeness (QED) is 0.868. The van der Waals surface area contributed by atoms with Gasteiger partial charge in [-0.25, -0.2) is 4.98 Å². The zero-order valence-corrected chi connectivity index (χ0v) is 13.3. The first-order chi connectivity index (χ1) is 11.2. The first-order valence-corrected chi connectivity index (χ1v) is 7.90. The molecular formula is C18H21N3O2. The molecule has 0 spiro atoms. The molecular weight excluding hydrogens is 290 g/mol.